The summed E-state index contributed by atoms with van der Waals surface area (Å²) in [7, 11) is 0. The van der Waals surface area contributed by atoms with Crippen molar-refractivity contribution in [3.8, 4) is 0 Å². The maximum absolute atomic E-state index is 4.68. The van der Waals surface area contributed by atoms with Crippen LogP contribution in [0.15, 0.2) is 12.3 Å². The van der Waals surface area contributed by atoms with Gasteiger partial charge in [-0.15, -0.1) is 0 Å². The summed E-state index contributed by atoms with van der Waals surface area (Å²) < 4.78 is 0. The molecule has 3 nitrogen and oxygen atoms in total. The first-order valence-electron chi connectivity index (χ1n) is 7.15. The standard InChI is InChI=1S/C15H21N3/c1-11-9-13-15(16-10-11)18-14(17-13)12-7-5-3-2-4-6-8-12/h9-10,12H,2-8H2,1H3,(H,16,17,18). The van der Waals surface area contributed by atoms with Crippen molar-refractivity contribution in [2.45, 2.75) is 57.8 Å². The molecule has 1 saturated carbocycles. The van der Waals surface area contributed by atoms with Crippen molar-refractivity contribution in [2.75, 3.05) is 0 Å². The number of hydrogen-bond acceptors (Lipinski definition) is 2. The molecule has 3 rings (SSSR count). The molecule has 1 aliphatic carbocycles. The molecule has 2 aromatic heterocycles. The summed E-state index contributed by atoms with van der Waals surface area (Å²) in [6.45, 7) is 2.07. The van der Waals surface area contributed by atoms with Gasteiger partial charge >= 0.3 is 0 Å². The zero-order valence-corrected chi connectivity index (χ0v) is 11.1. The van der Waals surface area contributed by atoms with Gasteiger partial charge in [0, 0.05) is 12.1 Å². The van der Waals surface area contributed by atoms with E-state index in [4.69, 9.17) is 0 Å². The normalized spacial score (nSPS) is 18.7. The summed E-state index contributed by atoms with van der Waals surface area (Å²) in [5, 5.41) is 0. The molecule has 0 spiro atoms. The number of nitrogens with one attached hydrogen (secondary N) is 1. The van der Waals surface area contributed by atoms with Crippen molar-refractivity contribution in [3.05, 3.63) is 23.7 Å². The van der Waals surface area contributed by atoms with Gasteiger partial charge in [-0.3, -0.25) is 0 Å². The number of H-pyrrole nitrogens is 1. The Kier molecular flexibility index (Phi) is 3.31. The van der Waals surface area contributed by atoms with Crippen molar-refractivity contribution in [3.63, 3.8) is 0 Å². The Labute approximate surface area is 108 Å². The van der Waals surface area contributed by atoms with Crippen LogP contribution in [-0.4, -0.2) is 15.0 Å². The van der Waals surface area contributed by atoms with Crippen LogP contribution >= 0.6 is 0 Å². The Bertz CT molecular complexity index is 522. The maximum Gasteiger partial charge on any atom is 0.177 e. The van der Waals surface area contributed by atoms with Gasteiger partial charge in [0.15, 0.2) is 5.65 Å². The fourth-order valence-corrected chi connectivity index (χ4v) is 2.95. The van der Waals surface area contributed by atoms with Crippen LogP contribution in [0.3, 0.4) is 0 Å². The van der Waals surface area contributed by atoms with Crippen molar-refractivity contribution < 1.29 is 0 Å². The molecule has 1 N–H and O–H groups in total. The van der Waals surface area contributed by atoms with Gasteiger partial charge in [0.2, 0.25) is 0 Å². The fraction of sp³-hybridized carbons (Fsp3) is 0.600. The van der Waals surface area contributed by atoms with E-state index < -0.39 is 0 Å². The van der Waals surface area contributed by atoms with Gasteiger partial charge in [0.05, 0.1) is 5.52 Å². The quantitative estimate of drug-likeness (QED) is 0.819. The lowest BCUT2D eigenvalue weighted by Crippen LogP contribution is -2.04. The van der Waals surface area contributed by atoms with Crippen LogP contribution < -0.4 is 0 Å². The van der Waals surface area contributed by atoms with Crippen LogP contribution in [0, 0.1) is 6.92 Å². The molecule has 1 aliphatic rings. The second-order valence-corrected chi connectivity index (χ2v) is 5.55. The molecule has 0 bridgehead atoms. The first kappa shape index (κ1) is 11.7. The van der Waals surface area contributed by atoms with Crippen molar-refractivity contribution in [1.29, 1.82) is 0 Å². The highest BCUT2D eigenvalue weighted by Gasteiger charge is 2.17. The van der Waals surface area contributed by atoms with Crippen LogP contribution in [0.5, 0.6) is 0 Å². The topological polar surface area (TPSA) is 41.6 Å². The zero-order chi connectivity index (χ0) is 12.4. The third-order valence-electron chi connectivity index (χ3n) is 3.98. The molecule has 0 aromatic carbocycles. The molecule has 18 heavy (non-hydrogen) atoms. The van der Waals surface area contributed by atoms with E-state index in [1.807, 2.05) is 6.20 Å². The molecule has 0 amide bonds. The van der Waals surface area contributed by atoms with Crippen LogP contribution in [0.25, 0.3) is 11.2 Å². The Morgan fingerprint density at radius 3 is 2.61 bits per heavy atom. The van der Waals surface area contributed by atoms with Crippen molar-refractivity contribution >= 4 is 11.2 Å². The first-order chi connectivity index (χ1) is 8.83. The van der Waals surface area contributed by atoms with Crippen LogP contribution in [-0.2, 0) is 0 Å². The van der Waals surface area contributed by atoms with Gasteiger partial charge < -0.3 is 4.98 Å². The molecular formula is C15H21N3. The molecule has 2 heterocycles. The molecule has 1 fully saturated rings. The minimum Gasteiger partial charge on any atom is -0.340 e. The average Bonchev–Trinajstić information content (AvgIpc) is 2.71. The fourth-order valence-electron chi connectivity index (χ4n) is 2.95. The summed E-state index contributed by atoms with van der Waals surface area (Å²) in [6, 6.07) is 2.14. The number of rotatable bonds is 1. The molecule has 0 saturated heterocycles. The van der Waals surface area contributed by atoms with E-state index >= 15 is 0 Å². The number of imidazole rings is 1. The number of aromatic nitrogens is 3. The van der Waals surface area contributed by atoms with Gasteiger partial charge in [-0.25, -0.2) is 9.97 Å². The molecule has 0 atom stereocenters. The van der Waals surface area contributed by atoms with Crippen LogP contribution in [0.1, 0.15) is 62.3 Å². The zero-order valence-electron chi connectivity index (χ0n) is 11.1. The van der Waals surface area contributed by atoms with Crippen LogP contribution in [0.4, 0.5) is 0 Å². The van der Waals surface area contributed by atoms with Crippen LogP contribution in [0.2, 0.25) is 0 Å². The van der Waals surface area contributed by atoms with E-state index in [1.54, 1.807) is 0 Å². The predicted octanol–water partition coefficient (Wildman–Crippen LogP) is 4.09. The molecule has 0 radical (unpaired) electrons. The lowest BCUT2D eigenvalue weighted by molar-refractivity contribution is 0.445. The molecule has 96 valence electrons. The Hall–Kier alpha value is -1.38. The minimum atomic E-state index is 0.611. The summed E-state index contributed by atoms with van der Waals surface area (Å²) in [5.74, 6) is 1.77. The predicted molar refractivity (Wildman–Crippen MR) is 73.7 cm³/mol. The number of aryl methyl sites for hydroxylation is 1. The summed E-state index contributed by atoms with van der Waals surface area (Å²) in [5.41, 5.74) is 3.15. The van der Waals surface area contributed by atoms with E-state index in [0.717, 1.165) is 17.0 Å². The van der Waals surface area contributed by atoms with Gasteiger partial charge in [0.25, 0.3) is 0 Å². The van der Waals surface area contributed by atoms with Gasteiger partial charge in [-0.05, 0) is 31.4 Å². The summed E-state index contributed by atoms with van der Waals surface area (Å²) in [4.78, 5) is 12.6. The minimum absolute atomic E-state index is 0.611. The van der Waals surface area contributed by atoms with E-state index in [-0.39, 0.29) is 0 Å². The number of hydrogen-bond donors (Lipinski definition) is 1. The number of nitrogens with zero attached hydrogens (tertiary/aromatic N) is 2. The summed E-state index contributed by atoms with van der Waals surface area (Å²) >= 11 is 0. The lowest BCUT2D eigenvalue weighted by Gasteiger charge is -2.17. The highest BCUT2D eigenvalue weighted by molar-refractivity contribution is 5.71. The second-order valence-electron chi connectivity index (χ2n) is 5.55. The van der Waals surface area contributed by atoms with E-state index in [1.165, 1.54) is 50.5 Å². The van der Waals surface area contributed by atoms with Crippen molar-refractivity contribution in [1.82, 2.24) is 15.0 Å². The van der Waals surface area contributed by atoms with Gasteiger partial charge in [0.1, 0.15) is 5.82 Å². The third-order valence-corrected chi connectivity index (χ3v) is 3.98. The highest BCUT2D eigenvalue weighted by Crippen LogP contribution is 2.30. The van der Waals surface area contributed by atoms with E-state index in [2.05, 4.69) is 27.9 Å². The smallest absolute Gasteiger partial charge is 0.177 e. The van der Waals surface area contributed by atoms with E-state index in [9.17, 15) is 0 Å². The maximum atomic E-state index is 4.68. The SMILES string of the molecule is Cc1cnc2nc(C3CCCCCCC3)[nH]c2c1. The molecule has 0 unspecified atom stereocenters. The monoisotopic (exact) mass is 243 g/mol. The average molecular weight is 243 g/mol. The summed E-state index contributed by atoms with van der Waals surface area (Å²) in [6.07, 6.45) is 11.3. The third kappa shape index (κ3) is 2.40. The second kappa shape index (κ2) is 5.09. The number of fused-ring (bicyclic) bond motifs is 1. The molecule has 3 heteroatoms. The first-order valence-corrected chi connectivity index (χ1v) is 7.15. The number of pyridine rings is 1. The number of aromatic amines is 1. The molecule has 0 aliphatic heterocycles. The Morgan fingerprint density at radius 2 is 1.83 bits per heavy atom. The molecule has 2 aromatic rings. The Morgan fingerprint density at radius 1 is 1.11 bits per heavy atom. The van der Waals surface area contributed by atoms with Gasteiger partial charge in [-0.1, -0.05) is 32.1 Å². The van der Waals surface area contributed by atoms with Crippen molar-refractivity contribution in [2.24, 2.45) is 0 Å². The highest BCUT2D eigenvalue weighted by atomic mass is 15.0. The lowest BCUT2D eigenvalue weighted by atomic mass is 9.91. The largest absolute Gasteiger partial charge is 0.340 e. The molecular weight excluding hydrogens is 222 g/mol. The van der Waals surface area contributed by atoms with E-state index in [0.29, 0.717) is 5.92 Å². The van der Waals surface area contributed by atoms with Gasteiger partial charge in [-0.2, -0.15) is 0 Å². The Balaban J connectivity index is 1.87.